The molecular formula is C20H36O10. The molecule has 0 aromatic carbocycles. The number of rotatable bonds is 5. The highest BCUT2D eigenvalue weighted by molar-refractivity contribution is 4.95. The minimum Gasteiger partial charge on any atom is -0.390 e. The Balaban J connectivity index is 1.77. The van der Waals surface area contributed by atoms with Crippen LogP contribution in [-0.4, -0.2) is 98.3 Å². The van der Waals surface area contributed by atoms with Crippen molar-refractivity contribution in [2.45, 2.75) is 108 Å². The average molecular weight is 436 g/mol. The third-order valence-electron chi connectivity index (χ3n) is 6.73. The van der Waals surface area contributed by atoms with Crippen LogP contribution < -0.4 is 0 Å². The Hall–Kier alpha value is -0.400. The van der Waals surface area contributed by atoms with E-state index in [9.17, 15) is 30.6 Å². The zero-order valence-electron chi connectivity index (χ0n) is 17.8. The van der Waals surface area contributed by atoms with E-state index in [0.717, 1.165) is 0 Å². The summed E-state index contributed by atoms with van der Waals surface area (Å²) in [6, 6.07) is 0. The fourth-order valence-corrected chi connectivity index (χ4v) is 4.68. The van der Waals surface area contributed by atoms with Gasteiger partial charge in [-0.15, -0.1) is 0 Å². The molecule has 6 N–H and O–H groups in total. The second-order valence-corrected chi connectivity index (χ2v) is 9.05. The molecule has 1 saturated carbocycles. The van der Waals surface area contributed by atoms with Crippen molar-refractivity contribution < 1.29 is 49.6 Å². The highest BCUT2D eigenvalue weighted by Gasteiger charge is 2.51. The maximum absolute atomic E-state index is 10.8. The van der Waals surface area contributed by atoms with Crippen LogP contribution in [0.1, 0.15) is 40.5 Å². The Bertz CT molecular complexity index is 562. The van der Waals surface area contributed by atoms with Crippen LogP contribution in [0.2, 0.25) is 0 Å². The first-order valence-electron chi connectivity index (χ1n) is 10.8. The van der Waals surface area contributed by atoms with Crippen molar-refractivity contribution in [1.82, 2.24) is 0 Å². The molecule has 0 radical (unpaired) electrons. The Morgan fingerprint density at radius 3 is 1.90 bits per heavy atom. The molecule has 30 heavy (non-hydrogen) atoms. The van der Waals surface area contributed by atoms with E-state index in [2.05, 4.69) is 0 Å². The first-order chi connectivity index (χ1) is 14.1. The van der Waals surface area contributed by atoms with E-state index in [1.165, 1.54) is 0 Å². The van der Waals surface area contributed by atoms with Crippen LogP contribution in [0.3, 0.4) is 0 Å². The van der Waals surface area contributed by atoms with Crippen LogP contribution in [0.5, 0.6) is 0 Å². The normalized spacial score (nSPS) is 55.0. The number of hydrogen-bond donors (Lipinski definition) is 6. The Labute approximate surface area is 176 Å². The van der Waals surface area contributed by atoms with Crippen molar-refractivity contribution >= 4 is 0 Å². The van der Waals surface area contributed by atoms with Crippen molar-refractivity contribution in [3.05, 3.63) is 0 Å². The van der Waals surface area contributed by atoms with Gasteiger partial charge in [0.05, 0.1) is 24.4 Å². The number of ether oxygens (including phenoxy) is 4. The lowest BCUT2D eigenvalue weighted by Gasteiger charge is -2.47. The van der Waals surface area contributed by atoms with Crippen LogP contribution in [0.4, 0.5) is 0 Å². The first-order valence-corrected chi connectivity index (χ1v) is 10.8. The molecule has 1 aliphatic carbocycles. The topological polar surface area (TPSA) is 158 Å². The number of aliphatic hydroxyl groups is 6. The molecular weight excluding hydrogens is 400 g/mol. The monoisotopic (exact) mass is 436 g/mol. The van der Waals surface area contributed by atoms with Gasteiger partial charge in [0.2, 0.25) is 0 Å². The molecule has 176 valence electrons. The van der Waals surface area contributed by atoms with Crippen molar-refractivity contribution in [2.24, 2.45) is 17.8 Å². The lowest BCUT2D eigenvalue weighted by molar-refractivity contribution is -0.327. The quantitative estimate of drug-likeness (QED) is 0.305. The molecule has 2 saturated heterocycles. The van der Waals surface area contributed by atoms with E-state index in [1.807, 2.05) is 20.8 Å². The van der Waals surface area contributed by atoms with Gasteiger partial charge in [0.1, 0.15) is 24.4 Å². The molecule has 14 atom stereocenters. The van der Waals surface area contributed by atoms with Gasteiger partial charge >= 0.3 is 0 Å². The van der Waals surface area contributed by atoms with Gasteiger partial charge in [-0.1, -0.05) is 27.7 Å². The van der Waals surface area contributed by atoms with Crippen LogP contribution in [0, 0.1) is 17.8 Å². The standard InChI is InChI=1S/C20H36O10/c1-5-10-13(23)12(22)9(4)19(27-10)28-16-8(3)6-7(2)11(21)17(16)29-20-15(25)14(24)18(26)30-20/h7-26H,5-6H2,1-4H3/t7-,8?,9?,10?,11?,12-,13-,14-,15?,16-,17-,18+,19-,20-/m1/s1. The summed E-state index contributed by atoms with van der Waals surface area (Å²) in [5.74, 6) is -0.718. The Morgan fingerprint density at radius 1 is 0.700 bits per heavy atom. The first kappa shape index (κ1) is 24.2. The minimum atomic E-state index is -1.59. The van der Waals surface area contributed by atoms with Gasteiger partial charge in [-0.3, -0.25) is 0 Å². The average Bonchev–Trinajstić information content (AvgIpc) is 2.95. The van der Waals surface area contributed by atoms with Crippen LogP contribution in [0.15, 0.2) is 0 Å². The summed E-state index contributed by atoms with van der Waals surface area (Å²) in [4.78, 5) is 0. The molecule has 0 aromatic heterocycles. The minimum absolute atomic E-state index is 0.0679. The number of hydrogen-bond acceptors (Lipinski definition) is 10. The predicted octanol–water partition coefficient (Wildman–Crippen LogP) is -1.32. The smallest absolute Gasteiger partial charge is 0.189 e. The van der Waals surface area contributed by atoms with E-state index in [4.69, 9.17) is 18.9 Å². The van der Waals surface area contributed by atoms with Crippen molar-refractivity contribution in [3.8, 4) is 0 Å². The van der Waals surface area contributed by atoms with Crippen molar-refractivity contribution in [1.29, 1.82) is 0 Å². The third kappa shape index (κ3) is 4.54. The van der Waals surface area contributed by atoms with Crippen molar-refractivity contribution in [2.75, 3.05) is 0 Å². The van der Waals surface area contributed by atoms with Gasteiger partial charge in [-0.2, -0.15) is 0 Å². The predicted molar refractivity (Wildman–Crippen MR) is 102 cm³/mol. The third-order valence-corrected chi connectivity index (χ3v) is 6.73. The molecule has 5 unspecified atom stereocenters. The van der Waals surface area contributed by atoms with E-state index in [0.29, 0.717) is 12.8 Å². The summed E-state index contributed by atoms with van der Waals surface area (Å²) in [6.07, 6.45) is -10.8. The lowest BCUT2D eigenvalue weighted by atomic mass is 9.77. The second-order valence-electron chi connectivity index (χ2n) is 9.05. The summed E-state index contributed by atoms with van der Waals surface area (Å²) in [5, 5.41) is 60.8. The summed E-state index contributed by atoms with van der Waals surface area (Å²) in [5.41, 5.74) is 0. The SMILES string of the molecule is CCC1O[C@H](O[C@@H]2C(C)C[C@@H](C)C(O)[C@H]2O[C@@H]2O[C@H](O)[C@H](O)C2O)C(C)[C@@H](O)[C@@H]1O. The highest BCUT2D eigenvalue weighted by Crippen LogP contribution is 2.38. The highest BCUT2D eigenvalue weighted by atomic mass is 16.8. The van der Waals surface area contributed by atoms with E-state index in [1.54, 1.807) is 6.92 Å². The second kappa shape index (κ2) is 9.62. The fourth-order valence-electron chi connectivity index (χ4n) is 4.68. The lowest BCUT2D eigenvalue weighted by Crippen LogP contribution is -2.59. The van der Waals surface area contributed by atoms with Crippen molar-refractivity contribution in [3.63, 3.8) is 0 Å². The number of aliphatic hydroxyl groups excluding tert-OH is 6. The van der Waals surface area contributed by atoms with Gasteiger partial charge in [0, 0.05) is 5.92 Å². The van der Waals surface area contributed by atoms with Crippen LogP contribution in [0.25, 0.3) is 0 Å². The summed E-state index contributed by atoms with van der Waals surface area (Å²) in [6.45, 7) is 7.36. The molecule has 10 heteroatoms. The van der Waals surface area contributed by atoms with E-state index in [-0.39, 0.29) is 11.8 Å². The Kier molecular flexibility index (Phi) is 7.77. The Morgan fingerprint density at radius 2 is 1.33 bits per heavy atom. The summed E-state index contributed by atoms with van der Waals surface area (Å²) in [7, 11) is 0. The molecule has 3 rings (SSSR count). The van der Waals surface area contributed by atoms with E-state index >= 15 is 0 Å². The maximum Gasteiger partial charge on any atom is 0.189 e. The summed E-state index contributed by atoms with van der Waals surface area (Å²) >= 11 is 0. The zero-order chi connectivity index (χ0) is 22.3. The maximum atomic E-state index is 10.8. The summed E-state index contributed by atoms with van der Waals surface area (Å²) < 4.78 is 23.0. The molecule has 2 heterocycles. The molecule has 0 aromatic rings. The zero-order valence-corrected chi connectivity index (χ0v) is 17.8. The van der Waals surface area contributed by atoms with E-state index < -0.39 is 73.6 Å². The molecule has 2 aliphatic heterocycles. The van der Waals surface area contributed by atoms with Gasteiger partial charge < -0.3 is 49.6 Å². The molecule has 3 aliphatic rings. The van der Waals surface area contributed by atoms with Crippen LogP contribution >= 0.6 is 0 Å². The van der Waals surface area contributed by atoms with Gasteiger partial charge in [-0.05, 0) is 24.7 Å². The van der Waals surface area contributed by atoms with Gasteiger partial charge in [0.15, 0.2) is 18.9 Å². The van der Waals surface area contributed by atoms with Gasteiger partial charge in [0.25, 0.3) is 0 Å². The molecule has 0 bridgehead atoms. The largest absolute Gasteiger partial charge is 0.390 e. The molecule has 0 amide bonds. The fraction of sp³-hybridized carbons (Fsp3) is 1.00. The van der Waals surface area contributed by atoms with Crippen LogP contribution in [-0.2, 0) is 18.9 Å². The van der Waals surface area contributed by atoms with Gasteiger partial charge in [-0.25, -0.2) is 0 Å². The molecule has 0 spiro atoms. The molecule has 3 fully saturated rings. The molecule has 10 nitrogen and oxygen atoms in total.